The summed E-state index contributed by atoms with van der Waals surface area (Å²) >= 11 is 0. The Hall–Kier alpha value is -0.0600. The molecule has 0 aliphatic carbocycles. The van der Waals surface area contributed by atoms with Crippen LogP contribution in [0.2, 0.25) is 0 Å². The third-order valence-corrected chi connectivity index (χ3v) is 0.549. The first-order valence-corrected chi connectivity index (χ1v) is 3.10. The third-order valence-electron chi connectivity index (χ3n) is 0.319. The summed E-state index contributed by atoms with van der Waals surface area (Å²) in [7, 11) is -2.60. The van der Waals surface area contributed by atoms with Gasteiger partial charge in [-0.05, 0) is 12.6 Å². The summed E-state index contributed by atoms with van der Waals surface area (Å²) in [5.41, 5.74) is 1.80. The Morgan fingerprint density at radius 3 is 2.88 bits per heavy atom. The number of hydrogen-bond acceptors (Lipinski definition) is 4. The maximum atomic E-state index is 9.66. The van der Waals surface area contributed by atoms with E-state index in [9.17, 15) is 4.57 Å². The van der Waals surface area contributed by atoms with E-state index in [1.165, 1.54) is 0 Å². The van der Waals surface area contributed by atoms with Gasteiger partial charge in [0.15, 0.2) is 0 Å². The topological polar surface area (TPSA) is 67.8 Å². The van der Waals surface area contributed by atoms with E-state index in [0.29, 0.717) is 6.61 Å². The minimum Gasteiger partial charge on any atom is -0.273 e. The molecule has 2 N–H and O–H groups in total. The third kappa shape index (κ3) is 5.94. The Morgan fingerprint density at radius 1 is 1.88 bits per heavy atom. The van der Waals surface area contributed by atoms with Crippen LogP contribution in [-0.2, 0) is 14.0 Å². The molecule has 0 radical (unpaired) electrons. The van der Waals surface area contributed by atoms with Gasteiger partial charge in [-0.1, -0.05) is 0 Å². The molecule has 0 aliphatic rings. The smallest absolute Gasteiger partial charge is 0.273 e. The molecule has 8 heavy (non-hydrogen) atoms. The molecule has 48 valence electrons. The fourth-order valence-corrected chi connectivity index (χ4v) is 0.234. The van der Waals surface area contributed by atoms with Gasteiger partial charge < -0.3 is 0 Å². The van der Waals surface area contributed by atoms with Gasteiger partial charge in [-0.15, -0.1) is 4.89 Å². The number of rotatable bonds is 4. The van der Waals surface area contributed by atoms with Crippen LogP contribution in [0.25, 0.3) is 0 Å². The van der Waals surface area contributed by atoms with Crippen LogP contribution in [0.4, 0.5) is 0 Å². The van der Waals surface area contributed by atoms with E-state index in [-0.39, 0.29) is 0 Å². The van der Waals surface area contributed by atoms with Crippen molar-refractivity contribution in [3.8, 4) is 0 Å². The summed E-state index contributed by atoms with van der Waals surface area (Å²) < 4.78 is 13.5. The second kappa shape index (κ2) is 5.08. The van der Waals surface area contributed by atoms with Crippen LogP contribution in [0.5, 0.6) is 0 Å². The van der Waals surface area contributed by atoms with Crippen LogP contribution in [0.15, 0.2) is 0 Å². The molecule has 0 aliphatic heterocycles. The highest BCUT2D eigenvalue weighted by Gasteiger charge is 2.10. The van der Waals surface area contributed by atoms with Gasteiger partial charge in [-0.25, -0.2) is 0 Å². The maximum Gasteiger partial charge on any atom is 0.715 e. The zero-order chi connectivity index (χ0) is 6.41. The normalized spacial score (nSPS) is 11.5. The van der Waals surface area contributed by atoms with Crippen LogP contribution >= 0.6 is 8.25 Å². The van der Waals surface area contributed by atoms with Crippen molar-refractivity contribution in [1.29, 1.82) is 0 Å². The van der Waals surface area contributed by atoms with Gasteiger partial charge in [-0.3, -0.25) is 4.84 Å². The molecule has 1 atom stereocenters. The molecular formula is C2H7NO4P+. The second-order valence-corrected chi connectivity index (χ2v) is 1.50. The van der Waals surface area contributed by atoms with E-state index in [1.807, 2.05) is 0 Å². The van der Waals surface area contributed by atoms with Gasteiger partial charge in [-0.2, -0.15) is 0 Å². The SMILES string of the molecule is CCONO[P+](=O)O. The van der Waals surface area contributed by atoms with Gasteiger partial charge in [0.1, 0.15) is 0 Å². The van der Waals surface area contributed by atoms with E-state index in [1.54, 1.807) is 12.6 Å². The molecule has 0 fully saturated rings. The van der Waals surface area contributed by atoms with E-state index in [0.717, 1.165) is 0 Å². The molecule has 0 spiro atoms. The van der Waals surface area contributed by atoms with E-state index in [2.05, 4.69) is 9.46 Å². The van der Waals surface area contributed by atoms with Gasteiger partial charge in [0.05, 0.1) is 6.61 Å². The Kier molecular flexibility index (Phi) is 5.05. The lowest BCUT2D eigenvalue weighted by Crippen LogP contribution is -2.10. The van der Waals surface area contributed by atoms with Crippen LogP contribution in [-0.4, -0.2) is 11.5 Å². The largest absolute Gasteiger partial charge is 0.715 e. The zero-order valence-electron chi connectivity index (χ0n) is 4.33. The second-order valence-electron chi connectivity index (χ2n) is 0.845. The van der Waals surface area contributed by atoms with Crippen molar-refractivity contribution in [2.75, 3.05) is 6.61 Å². The Bertz CT molecular complexity index is 76.4. The van der Waals surface area contributed by atoms with Gasteiger partial charge in [0.2, 0.25) is 0 Å². The molecule has 0 rings (SSSR count). The molecule has 6 heteroatoms. The molecule has 1 unspecified atom stereocenters. The highest BCUT2D eigenvalue weighted by molar-refractivity contribution is 7.32. The fraction of sp³-hybridized carbons (Fsp3) is 1.00. The lowest BCUT2D eigenvalue weighted by molar-refractivity contribution is -0.102. The number of nitrogens with one attached hydrogen (secondary N) is 1. The van der Waals surface area contributed by atoms with Crippen molar-refractivity contribution < 1.29 is 18.9 Å². The lowest BCUT2D eigenvalue weighted by Gasteiger charge is -1.88. The summed E-state index contributed by atoms with van der Waals surface area (Å²) in [6.45, 7) is 2.09. The van der Waals surface area contributed by atoms with Crippen molar-refractivity contribution >= 4 is 8.25 Å². The first-order valence-electron chi connectivity index (χ1n) is 1.97. The van der Waals surface area contributed by atoms with Gasteiger partial charge in [0, 0.05) is 9.19 Å². The quantitative estimate of drug-likeness (QED) is 0.329. The molecule has 0 aromatic carbocycles. The van der Waals surface area contributed by atoms with Gasteiger partial charge >= 0.3 is 8.25 Å². The van der Waals surface area contributed by atoms with Crippen molar-refractivity contribution in [3.63, 3.8) is 0 Å². The molecular weight excluding hydrogens is 133 g/mol. The molecule has 5 nitrogen and oxygen atoms in total. The maximum absolute atomic E-state index is 9.66. The van der Waals surface area contributed by atoms with Crippen LogP contribution in [0, 0.1) is 0 Å². The summed E-state index contributed by atoms with van der Waals surface area (Å²) in [5.74, 6) is 0. The van der Waals surface area contributed by atoms with Gasteiger partial charge in [0.25, 0.3) is 0 Å². The predicted molar refractivity (Wildman–Crippen MR) is 25.7 cm³/mol. The van der Waals surface area contributed by atoms with E-state index < -0.39 is 8.25 Å². The average Bonchev–Trinajstić information content (AvgIpc) is 1.66. The van der Waals surface area contributed by atoms with Crippen molar-refractivity contribution in [3.05, 3.63) is 0 Å². The summed E-state index contributed by atoms with van der Waals surface area (Å²) in [6, 6.07) is 0. The molecule has 0 amide bonds. The lowest BCUT2D eigenvalue weighted by atomic mass is 10.9. The summed E-state index contributed by atoms with van der Waals surface area (Å²) in [4.78, 5) is 12.3. The molecule has 0 heterocycles. The first kappa shape index (κ1) is 7.94. The highest BCUT2D eigenvalue weighted by Crippen LogP contribution is 2.10. The Morgan fingerprint density at radius 2 is 2.50 bits per heavy atom. The minimum atomic E-state index is -2.60. The van der Waals surface area contributed by atoms with E-state index >= 15 is 0 Å². The minimum absolute atomic E-state index is 0.378. The standard InChI is InChI=1S/C2H6NO4P/c1-2-6-3-7-8(4)5/h3H,2H2,1H3/p+1. The molecule has 0 bridgehead atoms. The molecule has 0 saturated heterocycles. The highest BCUT2D eigenvalue weighted by atomic mass is 31.1. The average molecular weight is 140 g/mol. The fourth-order valence-electron chi connectivity index (χ4n) is 0.117. The van der Waals surface area contributed by atoms with Crippen LogP contribution in [0.1, 0.15) is 6.92 Å². The predicted octanol–water partition coefficient (Wildman–Crippen LogP) is 0.109. The molecule has 0 aromatic heterocycles. The first-order chi connectivity index (χ1) is 3.77. The van der Waals surface area contributed by atoms with Crippen LogP contribution < -0.4 is 5.64 Å². The Balaban J connectivity index is 2.82. The van der Waals surface area contributed by atoms with Crippen LogP contribution in [0.3, 0.4) is 0 Å². The van der Waals surface area contributed by atoms with E-state index in [4.69, 9.17) is 4.89 Å². The van der Waals surface area contributed by atoms with Crippen molar-refractivity contribution in [2.24, 2.45) is 0 Å². The molecule has 0 aromatic rings. The monoisotopic (exact) mass is 140 g/mol. The van der Waals surface area contributed by atoms with Crippen molar-refractivity contribution in [2.45, 2.75) is 6.92 Å². The summed E-state index contributed by atoms with van der Waals surface area (Å²) in [6.07, 6.45) is 0. The van der Waals surface area contributed by atoms with Crippen molar-refractivity contribution in [1.82, 2.24) is 5.64 Å². The number of hydrogen-bond donors (Lipinski definition) is 2. The summed E-state index contributed by atoms with van der Waals surface area (Å²) in [5, 5.41) is 0. The molecule has 0 saturated carbocycles. The zero-order valence-corrected chi connectivity index (χ0v) is 5.22. The Labute approximate surface area is 47.5 Å².